The molecule has 1 heterocycles. The van der Waals surface area contributed by atoms with Gasteiger partial charge in [0.1, 0.15) is 0 Å². The van der Waals surface area contributed by atoms with Crippen molar-refractivity contribution in [2.75, 3.05) is 6.54 Å². The normalized spacial score (nSPS) is 26.1. The number of amidine groups is 1. The summed E-state index contributed by atoms with van der Waals surface area (Å²) in [6.45, 7) is 1.02. The van der Waals surface area contributed by atoms with Crippen molar-refractivity contribution in [1.82, 2.24) is 5.32 Å². The number of hydrogen-bond donors (Lipinski definition) is 1. The van der Waals surface area contributed by atoms with Gasteiger partial charge < -0.3 is 5.32 Å². The van der Waals surface area contributed by atoms with E-state index in [0.717, 1.165) is 13.0 Å². The van der Waals surface area contributed by atoms with E-state index in [1.165, 1.54) is 62.8 Å². The van der Waals surface area contributed by atoms with Crippen LogP contribution >= 0.6 is 12.4 Å². The topological polar surface area (TPSA) is 24.4 Å². The first-order chi connectivity index (χ1) is 10.4. The number of hydrogen-bond acceptors (Lipinski definition) is 2. The first-order valence-corrected chi connectivity index (χ1v) is 8.78. The maximum absolute atomic E-state index is 4.78. The minimum Gasteiger partial charge on any atom is -0.370 e. The molecular weight excluding hydrogens is 292 g/mol. The molecule has 0 spiro atoms. The Hall–Kier alpha value is -1.02. The molecule has 2 unspecified atom stereocenters. The Labute approximate surface area is 141 Å². The van der Waals surface area contributed by atoms with Crippen LogP contribution in [0.2, 0.25) is 0 Å². The maximum atomic E-state index is 4.78. The Balaban J connectivity index is 0.00000176. The zero-order chi connectivity index (χ0) is 14.3. The van der Waals surface area contributed by atoms with E-state index in [4.69, 9.17) is 4.99 Å². The molecule has 1 aliphatic carbocycles. The number of nitrogens with zero attached hydrogens (tertiary/aromatic N) is 1. The minimum atomic E-state index is 0. The third-order valence-corrected chi connectivity index (χ3v) is 4.97. The van der Waals surface area contributed by atoms with E-state index < -0.39 is 0 Å². The van der Waals surface area contributed by atoms with Gasteiger partial charge in [-0.15, -0.1) is 12.4 Å². The molecule has 2 aliphatic rings. The fraction of sp³-hybridized carbons (Fsp3) is 0.632. The molecule has 1 aromatic rings. The number of aliphatic imine (C=N–C) groups is 1. The Morgan fingerprint density at radius 2 is 1.64 bits per heavy atom. The predicted octanol–water partition coefficient (Wildman–Crippen LogP) is 5.09. The van der Waals surface area contributed by atoms with Crippen LogP contribution in [0.1, 0.15) is 69.3 Å². The van der Waals surface area contributed by atoms with Crippen molar-refractivity contribution in [3.8, 4) is 0 Å². The lowest BCUT2D eigenvalue weighted by molar-refractivity contribution is 0.462. The lowest BCUT2D eigenvalue weighted by Gasteiger charge is -2.28. The third kappa shape index (κ3) is 4.74. The van der Waals surface area contributed by atoms with E-state index in [0.29, 0.717) is 12.0 Å². The predicted molar refractivity (Wildman–Crippen MR) is 97.2 cm³/mol. The Morgan fingerprint density at radius 3 is 2.50 bits per heavy atom. The van der Waals surface area contributed by atoms with Gasteiger partial charge in [-0.25, -0.2) is 0 Å². The fourth-order valence-electron chi connectivity index (χ4n) is 3.79. The average Bonchev–Trinajstić information content (AvgIpc) is 2.91. The summed E-state index contributed by atoms with van der Waals surface area (Å²) >= 11 is 0. The van der Waals surface area contributed by atoms with Crippen LogP contribution in [0, 0.1) is 0 Å². The smallest absolute Gasteiger partial charge is 0.0965 e. The van der Waals surface area contributed by atoms with Crippen molar-refractivity contribution in [3.63, 3.8) is 0 Å². The molecule has 3 rings (SSSR count). The first kappa shape index (κ1) is 17.3. The van der Waals surface area contributed by atoms with Gasteiger partial charge in [-0.1, -0.05) is 56.0 Å². The summed E-state index contributed by atoms with van der Waals surface area (Å²) in [7, 11) is 0. The fourth-order valence-corrected chi connectivity index (χ4v) is 3.79. The standard InChI is InChI=1S/C19H28N2.ClH/c1-4-10-16(11-5-1)17-12-6-2-7-13-18(17)21-19-14-8-3-9-15-20-19;/h1,4-5,10-11,17-18H,2-3,6-9,12-15H2,(H,20,21);1H. The molecule has 0 aromatic heterocycles. The molecule has 0 amide bonds. The maximum Gasteiger partial charge on any atom is 0.0965 e. The molecule has 1 saturated carbocycles. The Bertz CT molecular complexity index is 458. The molecule has 1 aliphatic heterocycles. The monoisotopic (exact) mass is 320 g/mol. The van der Waals surface area contributed by atoms with E-state index in [2.05, 4.69) is 35.6 Å². The van der Waals surface area contributed by atoms with Crippen molar-refractivity contribution in [2.45, 2.75) is 69.7 Å². The van der Waals surface area contributed by atoms with Crippen molar-refractivity contribution in [3.05, 3.63) is 35.9 Å². The summed E-state index contributed by atoms with van der Waals surface area (Å²) in [5, 5.41) is 3.84. The quantitative estimate of drug-likeness (QED) is 0.754. The molecule has 3 heteroatoms. The molecule has 0 bridgehead atoms. The van der Waals surface area contributed by atoms with Crippen molar-refractivity contribution < 1.29 is 0 Å². The van der Waals surface area contributed by atoms with Crippen LogP contribution in [0.5, 0.6) is 0 Å². The van der Waals surface area contributed by atoms with Gasteiger partial charge >= 0.3 is 0 Å². The molecule has 2 nitrogen and oxygen atoms in total. The van der Waals surface area contributed by atoms with Gasteiger partial charge in [0.2, 0.25) is 0 Å². The molecule has 1 N–H and O–H groups in total. The van der Waals surface area contributed by atoms with Gasteiger partial charge in [0.05, 0.1) is 5.84 Å². The molecule has 1 fully saturated rings. The largest absolute Gasteiger partial charge is 0.370 e. The molecule has 122 valence electrons. The highest BCUT2D eigenvalue weighted by atomic mass is 35.5. The van der Waals surface area contributed by atoms with Crippen LogP contribution in [0.15, 0.2) is 35.3 Å². The lowest BCUT2D eigenvalue weighted by atomic mass is 9.87. The average molecular weight is 321 g/mol. The van der Waals surface area contributed by atoms with Gasteiger partial charge in [0.25, 0.3) is 0 Å². The van der Waals surface area contributed by atoms with Crippen molar-refractivity contribution >= 4 is 18.2 Å². The highest BCUT2D eigenvalue weighted by Gasteiger charge is 2.25. The van der Waals surface area contributed by atoms with Crippen LogP contribution < -0.4 is 5.32 Å². The SMILES string of the molecule is Cl.c1ccc(C2CCCCCC2NC2=NCCCCC2)cc1. The molecular formula is C19H29ClN2. The zero-order valence-corrected chi connectivity index (χ0v) is 14.3. The second-order valence-electron chi connectivity index (χ2n) is 6.55. The number of benzene rings is 1. The Morgan fingerprint density at radius 1 is 0.864 bits per heavy atom. The number of nitrogens with one attached hydrogen (secondary N) is 1. The van der Waals surface area contributed by atoms with E-state index in [1.54, 1.807) is 0 Å². The van der Waals surface area contributed by atoms with Gasteiger partial charge in [0, 0.05) is 24.9 Å². The third-order valence-electron chi connectivity index (χ3n) is 4.97. The summed E-state index contributed by atoms with van der Waals surface area (Å²) in [5.41, 5.74) is 1.51. The summed E-state index contributed by atoms with van der Waals surface area (Å²) in [5.74, 6) is 1.93. The summed E-state index contributed by atoms with van der Waals surface area (Å²) in [6, 6.07) is 11.7. The molecule has 22 heavy (non-hydrogen) atoms. The molecule has 0 radical (unpaired) electrons. The summed E-state index contributed by atoms with van der Waals surface area (Å²) in [4.78, 5) is 4.78. The van der Waals surface area contributed by atoms with Crippen LogP contribution in [-0.2, 0) is 0 Å². The first-order valence-electron chi connectivity index (χ1n) is 8.78. The van der Waals surface area contributed by atoms with Crippen LogP contribution in [0.3, 0.4) is 0 Å². The van der Waals surface area contributed by atoms with Crippen LogP contribution in [0.25, 0.3) is 0 Å². The van der Waals surface area contributed by atoms with Gasteiger partial charge in [-0.2, -0.15) is 0 Å². The van der Waals surface area contributed by atoms with Crippen molar-refractivity contribution in [1.29, 1.82) is 0 Å². The summed E-state index contributed by atoms with van der Waals surface area (Å²) in [6.07, 6.45) is 11.8. The van der Waals surface area contributed by atoms with Crippen molar-refractivity contribution in [2.24, 2.45) is 4.99 Å². The second kappa shape index (κ2) is 9.19. The van der Waals surface area contributed by atoms with Crippen LogP contribution in [0.4, 0.5) is 0 Å². The van der Waals surface area contributed by atoms with Gasteiger partial charge in [0.15, 0.2) is 0 Å². The summed E-state index contributed by atoms with van der Waals surface area (Å²) < 4.78 is 0. The second-order valence-corrected chi connectivity index (χ2v) is 6.55. The number of halogens is 1. The Kier molecular flexibility index (Phi) is 7.24. The minimum absolute atomic E-state index is 0. The molecule has 0 saturated heterocycles. The molecule has 1 aromatic carbocycles. The highest BCUT2D eigenvalue weighted by molar-refractivity contribution is 5.85. The van der Waals surface area contributed by atoms with Gasteiger partial charge in [-0.05, 0) is 31.2 Å². The van der Waals surface area contributed by atoms with E-state index >= 15 is 0 Å². The lowest BCUT2D eigenvalue weighted by Crippen LogP contribution is -2.38. The molecule has 2 atom stereocenters. The van der Waals surface area contributed by atoms with Crippen LogP contribution in [-0.4, -0.2) is 18.4 Å². The zero-order valence-electron chi connectivity index (χ0n) is 13.5. The van der Waals surface area contributed by atoms with E-state index in [9.17, 15) is 0 Å². The van der Waals surface area contributed by atoms with Gasteiger partial charge in [-0.3, -0.25) is 4.99 Å². The van der Waals surface area contributed by atoms with E-state index in [-0.39, 0.29) is 12.4 Å². The highest BCUT2D eigenvalue weighted by Crippen LogP contribution is 2.32. The number of rotatable bonds is 2. The van der Waals surface area contributed by atoms with E-state index in [1.807, 2.05) is 0 Å².